The summed E-state index contributed by atoms with van der Waals surface area (Å²) in [5, 5.41) is 45.2. The third kappa shape index (κ3) is 6.29. The van der Waals surface area contributed by atoms with Gasteiger partial charge in [0.15, 0.2) is 0 Å². The van der Waals surface area contributed by atoms with E-state index < -0.39 is 37.3 Å². The molecule has 1 saturated heterocycles. The first-order valence-corrected chi connectivity index (χ1v) is 13.7. The molecule has 2 aliphatic rings. The fourth-order valence-electron chi connectivity index (χ4n) is 5.38. The molecule has 0 radical (unpaired) electrons. The van der Waals surface area contributed by atoms with Crippen LogP contribution in [0.2, 0.25) is 0 Å². The van der Waals surface area contributed by atoms with Crippen molar-refractivity contribution in [3.05, 3.63) is 41.1 Å². The van der Waals surface area contributed by atoms with Gasteiger partial charge in [0, 0.05) is 17.7 Å². The summed E-state index contributed by atoms with van der Waals surface area (Å²) in [6, 6.07) is 8.28. The van der Waals surface area contributed by atoms with E-state index in [0.29, 0.717) is 18.4 Å². The highest BCUT2D eigenvalue weighted by atomic mass is 16.7. The van der Waals surface area contributed by atoms with Gasteiger partial charge >= 0.3 is 0 Å². The minimum atomic E-state index is -1.52. The van der Waals surface area contributed by atoms with Gasteiger partial charge in [-0.2, -0.15) is 0 Å². The predicted octanol–water partition coefficient (Wildman–Crippen LogP) is 3.03. The fourth-order valence-corrected chi connectivity index (χ4v) is 5.38. The van der Waals surface area contributed by atoms with Gasteiger partial charge in [0.1, 0.15) is 30.2 Å². The molecular formula is C28H42N2O7. The summed E-state index contributed by atoms with van der Waals surface area (Å²) in [4.78, 5) is 0. The Labute approximate surface area is 219 Å². The molecule has 1 saturated carbocycles. The number of rotatable bonds is 11. The third-order valence-electron chi connectivity index (χ3n) is 7.66. The molecule has 2 fully saturated rings. The zero-order valence-electron chi connectivity index (χ0n) is 22.1. The molecule has 0 amide bonds. The molecule has 1 unspecified atom stereocenters. The van der Waals surface area contributed by atoms with Crippen molar-refractivity contribution < 1.29 is 34.6 Å². The van der Waals surface area contributed by atoms with Crippen molar-refractivity contribution in [1.29, 1.82) is 0 Å². The Kier molecular flexibility index (Phi) is 9.47. The van der Waals surface area contributed by atoms with E-state index in [1.165, 1.54) is 12.8 Å². The van der Waals surface area contributed by atoms with Crippen LogP contribution in [0, 0.1) is 6.92 Å². The maximum atomic E-state index is 10.5. The Balaban J connectivity index is 1.59. The molecule has 0 spiro atoms. The summed E-state index contributed by atoms with van der Waals surface area (Å²) >= 11 is 0. The van der Waals surface area contributed by atoms with E-state index in [4.69, 9.17) is 19.3 Å². The lowest BCUT2D eigenvalue weighted by Crippen LogP contribution is -2.60. The molecule has 6 atom stereocenters. The summed E-state index contributed by atoms with van der Waals surface area (Å²) in [6.07, 6.45) is 1.59. The first-order chi connectivity index (χ1) is 17.9. The molecule has 0 bridgehead atoms. The van der Waals surface area contributed by atoms with Crippen LogP contribution in [0.3, 0.4) is 0 Å². The van der Waals surface area contributed by atoms with Gasteiger partial charge in [-0.25, -0.2) is 0 Å². The van der Waals surface area contributed by atoms with Crippen LogP contribution in [0.1, 0.15) is 81.7 Å². The second-order valence-corrected chi connectivity index (χ2v) is 10.3. The fraction of sp³-hybridized carbons (Fsp3) is 0.679. The van der Waals surface area contributed by atoms with Crippen LogP contribution in [0.15, 0.2) is 24.3 Å². The van der Waals surface area contributed by atoms with Crippen LogP contribution in [0.4, 0.5) is 0 Å². The van der Waals surface area contributed by atoms with Crippen molar-refractivity contribution in [2.24, 2.45) is 0 Å². The van der Waals surface area contributed by atoms with Gasteiger partial charge in [0.25, 0.3) is 0 Å². The smallest absolute Gasteiger partial charge is 0.239 e. The highest BCUT2D eigenvalue weighted by molar-refractivity contribution is 5.38. The zero-order valence-corrected chi connectivity index (χ0v) is 22.1. The van der Waals surface area contributed by atoms with Crippen molar-refractivity contribution in [1.82, 2.24) is 9.78 Å². The van der Waals surface area contributed by atoms with Crippen LogP contribution in [-0.4, -0.2) is 73.6 Å². The molecule has 1 aliphatic carbocycles. The first kappa shape index (κ1) is 27.9. The van der Waals surface area contributed by atoms with E-state index in [1.54, 1.807) is 0 Å². The van der Waals surface area contributed by atoms with E-state index in [0.717, 1.165) is 54.7 Å². The van der Waals surface area contributed by atoms with Gasteiger partial charge in [-0.05, 0) is 63.1 Å². The number of hydrogen-bond donors (Lipinski definition) is 4. The van der Waals surface area contributed by atoms with Crippen LogP contribution < -0.4 is 9.47 Å². The average Bonchev–Trinajstić information content (AvgIpc) is 3.52. The van der Waals surface area contributed by atoms with E-state index in [2.05, 4.69) is 13.8 Å². The van der Waals surface area contributed by atoms with E-state index >= 15 is 0 Å². The molecule has 37 heavy (non-hydrogen) atoms. The Morgan fingerprint density at radius 3 is 2.35 bits per heavy atom. The molecule has 1 aromatic carbocycles. The van der Waals surface area contributed by atoms with E-state index in [1.807, 2.05) is 35.9 Å². The molecule has 4 rings (SSSR count). The monoisotopic (exact) mass is 518 g/mol. The summed E-state index contributed by atoms with van der Waals surface area (Å²) in [7, 11) is 0. The van der Waals surface area contributed by atoms with Crippen molar-refractivity contribution in [3.8, 4) is 11.6 Å². The number of nitrogens with zero attached hydrogens (tertiary/aromatic N) is 2. The highest BCUT2D eigenvalue weighted by Gasteiger charge is 2.45. The molecule has 2 heterocycles. The van der Waals surface area contributed by atoms with Crippen LogP contribution in [-0.2, 0) is 11.2 Å². The molecule has 2 aromatic rings. The molecule has 1 aromatic heterocycles. The van der Waals surface area contributed by atoms with Gasteiger partial charge in [0.2, 0.25) is 12.2 Å². The lowest BCUT2D eigenvalue weighted by Gasteiger charge is -2.39. The Bertz CT molecular complexity index is 987. The molecule has 1 aliphatic heterocycles. The molecule has 9 nitrogen and oxygen atoms in total. The van der Waals surface area contributed by atoms with Gasteiger partial charge < -0.3 is 34.6 Å². The maximum absolute atomic E-state index is 10.5. The molecule has 206 valence electrons. The van der Waals surface area contributed by atoms with Gasteiger partial charge in [-0.15, -0.1) is 5.10 Å². The third-order valence-corrected chi connectivity index (χ3v) is 7.66. The second-order valence-electron chi connectivity index (χ2n) is 10.3. The minimum absolute atomic E-state index is 0.193. The summed E-state index contributed by atoms with van der Waals surface area (Å²) in [5.74, 6) is 1.18. The number of ether oxygens (including phenoxy) is 3. The highest BCUT2D eigenvalue weighted by Crippen LogP contribution is 2.33. The first-order valence-electron chi connectivity index (χ1n) is 13.7. The van der Waals surface area contributed by atoms with Gasteiger partial charge in [0.05, 0.1) is 18.8 Å². The Morgan fingerprint density at radius 2 is 1.73 bits per heavy atom. The lowest BCUT2D eigenvalue weighted by atomic mass is 9.99. The standard InChI is InChI=1S/C28H42N2O7/c1-4-8-19(5-2)30-17(3)22(15-18-11-13-21(14-12-18)35-20-9-6-7-10-20)27(29-30)37-28-26(34)25(33)24(32)23(16-31)36-28/h11-14,19-20,23-26,28,31-34H,4-10,15-16H2,1-3H3/t19?,23-,24-,25+,26-,28+/m1/s1. The van der Waals surface area contributed by atoms with Crippen molar-refractivity contribution >= 4 is 0 Å². The molecule has 9 heteroatoms. The van der Waals surface area contributed by atoms with Gasteiger partial charge in [-0.1, -0.05) is 32.4 Å². The average molecular weight is 519 g/mol. The molecule has 4 N–H and O–H groups in total. The zero-order chi connectivity index (χ0) is 26.5. The van der Waals surface area contributed by atoms with Crippen molar-refractivity contribution in [2.45, 2.75) is 115 Å². The summed E-state index contributed by atoms with van der Waals surface area (Å²) < 4.78 is 19.8. The Morgan fingerprint density at radius 1 is 1.03 bits per heavy atom. The van der Waals surface area contributed by atoms with Crippen molar-refractivity contribution in [3.63, 3.8) is 0 Å². The van der Waals surface area contributed by atoms with E-state index in [-0.39, 0.29) is 6.04 Å². The van der Waals surface area contributed by atoms with Crippen LogP contribution in [0.25, 0.3) is 0 Å². The SMILES string of the molecule is CCCC(CC)n1nc(O[C@@H]2O[C@H](CO)[C@@H](O)[C@H](O)[C@H]2O)c(Cc2ccc(OC3CCCC3)cc2)c1C. The second kappa shape index (κ2) is 12.6. The number of aliphatic hydroxyl groups excluding tert-OH is 4. The lowest BCUT2D eigenvalue weighted by molar-refractivity contribution is -0.278. The summed E-state index contributed by atoms with van der Waals surface area (Å²) in [5.41, 5.74) is 2.88. The van der Waals surface area contributed by atoms with Crippen LogP contribution in [0.5, 0.6) is 11.6 Å². The number of aromatic nitrogens is 2. The quantitative estimate of drug-likeness (QED) is 0.358. The van der Waals surface area contributed by atoms with Gasteiger partial charge in [-0.3, -0.25) is 4.68 Å². The van der Waals surface area contributed by atoms with Crippen molar-refractivity contribution in [2.75, 3.05) is 6.61 Å². The normalized spacial score (nSPS) is 27.4. The Hall–Kier alpha value is -2.17. The largest absolute Gasteiger partial charge is 0.490 e. The number of benzene rings is 1. The number of aliphatic hydroxyl groups is 4. The topological polar surface area (TPSA) is 126 Å². The summed E-state index contributed by atoms with van der Waals surface area (Å²) in [6.45, 7) is 5.76. The molecular weight excluding hydrogens is 476 g/mol. The maximum Gasteiger partial charge on any atom is 0.239 e. The predicted molar refractivity (Wildman–Crippen MR) is 138 cm³/mol. The number of hydrogen-bond acceptors (Lipinski definition) is 8. The minimum Gasteiger partial charge on any atom is -0.490 e. The van der Waals surface area contributed by atoms with E-state index in [9.17, 15) is 20.4 Å². The van der Waals surface area contributed by atoms with Crippen LogP contribution >= 0.6 is 0 Å².